The molecule has 0 spiro atoms. The Labute approximate surface area is 172 Å². The smallest absolute Gasteiger partial charge is 0.267 e. The maximum atomic E-state index is 13.0. The first kappa shape index (κ1) is 24.7. The Morgan fingerprint density at radius 3 is 2.28 bits per heavy atom. The summed E-state index contributed by atoms with van der Waals surface area (Å²) < 4.78 is 5.30. The van der Waals surface area contributed by atoms with Crippen molar-refractivity contribution in [2.45, 2.75) is 71.0 Å². The molecule has 3 atom stereocenters. The van der Waals surface area contributed by atoms with Crippen molar-refractivity contribution in [3.63, 3.8) is 0 Å². The molecule has 0 unspecified atom stereocenters. The van der Waals surface area contributed by atoms with Gasteiger partial charge in [0.1, 0.15) is 17.6 Å². The average Bonchev–Trinajstić information content (AvgIpc) is 2.70. The van der Waals surface area contributed by atoms with Crippen LogP contribution < -0.4 is 16.0 Å². The summed E-state index contributed by atoms with van der Waals surface area (Å²) in [7, 11) is 0. The molecule has 0 aromatic carbocycles. The van der Waals surface area contributed by atoms with Crippen LogP contribution >= 0.6 is 0 Å². The van der Waals surface area contributed by atoms with Gasteiger partial charge in [-0.2, -0.15) is 0 Å². The van der Waals surface area contributed by atoms with Crippen LogP contribution in [0.1, 0.15) is 53.4 Å². The average molecular weight is 411 g/mol. The van der Waals surface area contributed by atoms with E-state index >= 15 is 0 Å². The van der Waals surface area contributed by atoms with Crippen LogP contribution in [0.2, 0.25) is 0 Å². The highest BCUT2D eigenvalue weighted by Crippen LogP contribution is 2.21. The van der Waals surface area contributed by atoms with Gasteiger partial charge < -0.3 is 20.7 Å². The predicted molar refractivity (Wildman–Crippen MR) is 109 cm³/mol. The van der Waals surface area contributed by atoms with Crippen molar-refractivity contribution in [1.82, 2.24) is 16.0 Å². The number of ether oxygens (including phenoxy) is 1. The number of nitrogens with one attached hydrogen (secondary N) is 3. The van der Waals surface area contributed by atoms with E-state index in [0.29, 0.717) is 45.3 Å². The summed E-state index contributed by atoms with van der Waals surface area (Å²) in [6, 6.07) is -1.65. The van der Waals surface area contributed by atoms with Crippen LogP contribution in [0, 0.1) is 11.8 Å². The number of carbonyl (C=O) groups is 4. The van der Waals surface area contributed by atoms with E-state index in [4.69, 9.17) is 4.74 Å². The topological polar surface area (TPSA) is 126 Å². The largest absolute Gasteiger partial charge is 0.381 e. The maximum absolute atomic E-state index is 13.0. The molecule has 29 heavy (non-hydrogen) atoms. The minimum Gasteiger partial charge on any atom is -0.381 e. The van der Waals surface area contributed by atoms with Crippen molar-refractivity contribution < 1.29 is 23.9 Å². The van der Waals surface area contributed by atoms with Gasteiger partial charge >= 0.3 is 0 Å². The number of amides is 4. The standard InChI is InChI=1S/C20H34N4O5/c1-6-14(4)16(18(27)21-5)24-17(26)15(11-13(2)3)23-19(28)20(22-12-25)7-9-29-10-8-20/h12-16H,5-11H2,1-4H3,(H,22,25)(H,23,28)(H,24,26)/t14-,15-,16-/m0/s1. The third-order valence-electron chi connectivity index (χ3n) is 5.38. The van der Waals surface area contributed by atoms with Crippen molar-refractivity contribution in [2.75, 3.05) is 13.2 Å². The molecular weight excluding hydrogens is 376 g/mol. The Bertz CT molecular complexity index is 602. The lowest BCUT2D eigenvalue weighted by Crippen LogP contribution is -2.63. The zero-order valence-corrected chi connectivity index (χ0v) is 17.8. The summed E-state index contributed by atoms with van der Waals surface area (Å²) in [5.74, 6) is -1.41. The molecule has 0 aromatic heterocycles. The molecule has 3 N–H and O–H groups in total. The summed E-state index contributed by atoms with van der Waals surface area (Å²) in [5, 5.41) is 8.11. The number of hydrogen-bond donors (Lipinski definition) is 3. The van der Waals surface area contributed by atoms with Crippen molar-refractivity contribution >= 4 is 30.8 Å². The Morgan fingerprint density at radius 2 is 1.79 bits per heavy atom. The van der Waals surface area contributed by atoms with Crippen LogP contribution in [0.3, 0.4) is 0 Å². The monoisotopic (exact) mass is 410 g/mol. The zero-order chi connectivity index (χ0) is 22.0. The van der Waals surface area contributed by atoms with Gasteiger partial charge in [-0.05, 0) is 25.0 Å². The van der Waals surface area contributed by atoms with Gasteiger partial charge in [-0.25, -0.2) is 4.99 Å². The van der Waals surface area contributed by atoms with Crippen LogP contribution in [0.4, 0.5) is 0 Å². The molecule has 1 rings (SSSR count). The van der Waals surface area contributed by atoms with Crippen molar-refractivity contribution in [2.24, 2.45) is 16.8 Å². The first-order chi connectivity index (χ1) is 13.7. The normalized spacial score (nSPS) is 18.8. The van der Waals surface area contributed by atoms with Gasteiger partial charge in [0.15, 0.2) is 0 Å². The van der Waals surface area contributed by atoms with E-state index < -0.39 is 35.3 Å². The summed E-state index contributed by atoms with van der Waals surface area (Å²) in [6.07, 6.45) is 2.19. The van der Waals surface area contributed by atoms with Crippen LogP contribution in [0.15, 0.2) is 4.99 Å². The molecular formula is C20H34N4O5. The molecule has 1 fully saturated rings. The lowest BCUT2D eigenvalue weighted by atomic mass is 9.88. The van der Waals surface area contributed by atoms with Gasteiger partial charge in [-0.1, -0.05) is 34.1 Å². The van der Waals surface area contributed by atoms with E-state index in [1.165, 1.54) is 0 Å². The van der Waals surface area contributed by atoms with Gasteiger partial charge in [0, 0.05) is 26.1 Å². The van der Waals surface area contributed by atoms with E-state index in [2.05, 4.69) is 27.7 Å². The van der Waals surface area contributed by atoms with Gasteiger partial charge in [-0.3, -0.25) is 19.2 Å². The molecule has 0 aliphatic carbocycles. The fourth-order valence-corrected chi connectivity index (χ4v) is 3.30. The van der Waals surface area contributed by atoms with E-state index in [1.54, 1.807) is 0 Å². The highest BCUT2D eigenvalue weighted by Gasteiger charge is 2.41. The Kier molecular flexibility index (Phi) is 9.94. The second-order valence-electron chi connectivity index (χ2n) is 7.98. The number of hydrogen-bond acceptors (Lipinski definition) is 5. The maximum Gasteiger partial charge on any atom is 0.267 e. The quantitative estimate of drug-likeness (QED) is 0.339. The predicted octanol–water partition coefficient (Wildman–Crippen LogP) is 0.571. The summed E-state index contributed by atoms with van der Waals surface area (Å²) in [6.45, 7) is 11.6. The third kappa shape index (κ3) is 6.92. The second kappa shape index (κ2) is 11.6. The molecule has 164 valence electrons. The van der Waals surface area contributed by atoms with Gasteiger partial charge in [0.2, 0.25) is 18.2 Å². The molecule has 1 aliphatic heterocycles. The lowest BCUT2D eigenvalue weighted by Gasteiger charge is -2.36. The number of rotatable bonds is 11. The van der Waals surface area contributed by atoms with Crippen LogP contribution in [0.5, 0.6) is 0 Å². The SMILES string of the molecule is C=NC(=O)[C@@H](NC(=O)[C@H](CC(C)C)NC(=O)C1(NC=O)CCOCC1)[C@@H](C)CC. The molecule has 9 heteroatoms. The van der Waals surface area contributed by atoms with Crippen molar-refractivity contribution in [3.05, 3.63) is 0 Å². The Hall–Kier alpha value is -2.29. The Morgan fingerprint density at radius 1 is 1.17 bits per heavy atom. The number of nitrogens with zero attached hydrogens (tertiary/aromatic N) is 1. The molecule has 0 saturated carbocycles. The van der Waals surface area contributed by atoms with Gasteiger partial charge in [0.25, 0.3) is 5.91 Å². The summed E-state index contributed by atoms with van der Waals surface area (Å²) in [4.78, 5) is 52.6. The van der Waals surface area contributed by atoms with Crippen molar-refractivity contribution in [1.29, 1.82) is 0 Å². The molecule has 1 saturated heterocycles. The molecule has 1 heterocycles. The van der Waals surface area contributed by atoms with Crippen LogP contribution in [-0.4, -0.2) is 61.7 Å². The van der Waals surface area contributed by atoms with E-state index in [0.717, 1.165) is 0 Å². The highest BCUT2D eigenvalue weighted by atomic mass is 16.5. The second-order valence-corrected chi connectivity index (χ2v) is 7.98. The molecule has 1 aliphatic rings. The van der Waals surface area contributed by atoms with Gasteiger partial charge in [0.05, 0.1) is 0 Å². The van der Waals surface area contributed by atoms with E-state index in [-0.39, 0.29) is 11.8 Å². The summed E-state index contributed by atoms with van der Waals surface area (Å²) >= 11 is 0. The number of carbonyl (C=O) groups excluding carboxylic acids is 4. The zero-order valence-electron chi connectivity index (χ0n) is 17.8. The molecule has 9 nitrogen and oxygen atoms in total. The fraction of sp³-hybridized carbons (Fsp3) is 0.750. The van der Waals surface area contributed by atoms with Crippen molar-refractivity contribution in [3.8, 4) is 0 Å². The molecule has 0 radical (unpaired) electrons. The fourth-order valence-electron chi connectivity index (χ4n) is 3.30. The lowest BCUT2D eigenvalue weighted by molar-refractivity contribution is -0.138. The minimum absolute atomic E-state index is 0.117. The minimum atomic E-state index is -1.11. The molecule has 0 bridgehead atoms. The Balaban J connectivity index is 3.00. The van der Waals surface area contributed by atoms with E-state index in [9.17, 15) is 19.2 Å². The third-order valence-corrected chi connectivity index (χ3v) is 5.38. The summed E-state index contributed by atoms with van der Waals surface area (Å²) in [5.41, 5.74) is -1.11. The van der Waals surface area contributed by atoms with Gasteiger partial charge in [-0.15, -0.1) is 0 Å². The van der Waals surface area contributed by atoms with E-state index in [1.807, 2.05) is 27.7 Å². The van der Waals surface area contributed by atoms with Crippen LogP contribution in [0.25, 0.3) is 0 Å². The molecule has 0 aromatic rings. The van der Waals surface area contributed by atoms with Crippen LogP contribution in [-0.2, 0) is 23.9 Å². The number of aliphatic imine (C=N–C) groups is 1. The highest BCUT2D eigenvalue weighted by molar-refractivity contribution is 5.95. The first-order valence-electron chi connectivity index (χ1n) is 10.1. The first-order valence-corrected chi connectivity index (χ1v) is 10.1. The molecule has 4 amide bonds.